The van der Waals surface area contributed by atoms with E-state index in [2.05, 4.69) is 9.38 Å². The zero-order valence-electron chi connectivity index (χ0n) is 16.5. The van der Waals surface area contributed by atoms with Gasteiger partial charge in [0, 0.05) is 49.7 Å². The average Bonchev–Trinajstić information content (AvgIpc) is 2.90. The molecule has 1 aromatic heterocycles. The molecule has 30 heavy (non-hydrogen) atoms. The van der Waals surface area contributed by atoms with Gasteiger partial charge in [-0.05, 0) is 43.2 Å². The minimum absolute atomic E-state index is 0.0699. The van der Waals surface area contributed by atoms with E-state index in [0.717, 1.165) is 0 Å². The smallest absolute Gasteiger partial charge is 0.285 e. The number of carbonyl (C=O) groups is 1. The highest BCUT2D eigenvalue weighted by Gasteiger charge is 2.34. The van der Waals surface area contributed by atoms with Gasteiger partial charge in [-0.2, -0.15) is 8.42 Å². The topological polar surface area (TPSA) is 82.9 Å². The summed E-state index contributed by atoms with van der Waals surface area (Å²) in [6.45, 7) is 3.80. The molecular weight excluding hydrogens is 407 g/mol. The Kier molecular flexibility index (Phi) is 5.38. The zero-order chi connectivity index (χ0) is 21.3. The number of amides is 1. The third kappa shape index (κ3) is 3.85. The molecule has 0 spiro atoms. The van der Waals surface area contributed by atoms with E-state index in [1.807, 2.05) is 4.90 Å². The highest BCUT2D eigenvalue weighted by Crippen LogP contribution is 2.33. The van der Waals surface area contributed by atoms with Crippen LogP contribution in [0.25, 0.3) is 4.91 Å². The molecule has 1 amide bonds. The van der Waals surface area contributed by atoms with Gasteiger partial charge in [0.05, 0.1) is 0 Å². The molecule has 2 aliphatic rings. The Hall–Kier alpha value is -3.07. The van der Waals surface area contributed by atoms with Gasteiger partial charge < -0.3 is 9.80 Å². The van der Waals surface area contributed by atoms with Crippen LogP contribution in [0, 0.1) is 5.82 Å². The number of rotatable bonds is 2. The third-order valence-electron chi connectivity index (χ3n) is 5.26. The third-order valence-corrected chi connectivity index (χ3v) is 6.73. The van der Waals surface area contributed by atoms with Crippen molar-refractivity contribution in [2.75, 3.05) is 26.2 Å². The normalized spacial score (nSPS) is 18.9. The summed E-state index contributed by atoms with van der Waals surface area (Å²) in [5, 5.41) is 0. The lowest BCUT2D eigenvalue weighted by Crippen LogP contribution is -2.37. The molecule has 3 heterocycles. The zero-order valence-corrected chi connectivity index (χ0v) is 17.3. The molecule has 9 heteroatoms. The van der Waals surface area contributed by atoms with E-state index < -0.39 is 15.8 Å². The predicted molar refractivity (Wildman–Crippen MR) is 112 cm³/mol. The molecule has 1 saturated heterocycles. The van der Waals surface area contributed by atoms with Crippen LogP contribution in [0.4, 0.5) is 4.39 Å². The number of hydrogen-bond acceptors (Lipinski definition) is 5. The standard InChI is InChI=1S/C21H21FN4O3S/c1-15-19(16-3-5-18(22)6-4-16)30(28,29)24-20(15)25-11-2-12-26(14-13-25)21(27)17-7-9-23-10-8-17/h3-10H,2,11-14H2,1H3. The number of nitrogens with zero attached hydrogens (tertiary/aromatic N) is 4. The molecule has 2 aromatic rings. The molecule has 0 atom stereocenters. The van der Waals surface area contributed by atoms with Gasteiger partial charge in [0.1, 0.15) is 16.6 Å². The second-order valence-corrected chi connectivity index (χ2v) is 8.76. The second-order valence-electron chi connectivity index (χ2n) is 7.22. The van der Waals surface area contributed by atoms with Crippen molar-refractivity contribution in [3.63, 3.8) is 0 Å². The number of hydrogen-bond donors (Lipinski definition) is 0. The van der Waals surface area contributed by atoms with E-state index in [0.29, 0.717) is 55.1 Å². The summed E-state index contributed by atoms with van der Waals surface area (Å²) < 4.78 is 42.7. The van der Waals surface area contributed by atoms with Gasteiger partial charge in [-0.25, -0.2) is 4.39 Å². The lowest BCUT2D eigenvalue weighted by Gasteiger charge is -2.23. The molecule has 2 aliphatic heterocycles. The van der Waals surface area contributed by atoms with Crippen LogP contribution in [0.15, 0.2) is 58.8 Å². The van der Waals surface area contributed by atoms with Crippen molar-refractivity contribution in [3.8, 4) is 0 Å². The van der Waals surface area contributed by atoms with Gasteiger partial charge in [0.2, 0.25) is 0 Å². The fourth-order valence-corrected chi connectivity index (χ4v) is 5.28. The molecule has 0 bridgehead atoms. The minimum Gasteiger partial charge on any atom is -0.354 e. The van der Waals surface area contributed by atoms with E-state index >= 15 is 0 Å². The maximum Gasteiger partial charge on any atom is 0.285 e. The van der Waals surface area contributed by atoms with Crippen LogP contribution in [0.3, 0.4) is 0 Å². The SMILES string of the molecule is CC1=C(c2ccc(F)cc2)S(=O)(=O)N=C1N1CCCN(C(=O)c2ccncc2)CC1. The number of aromatic nitrogens is 1. The van der Waals surface area contributed by atoms with Gasteiger partial charge in [-0.15, -0.1) is 4.40 Å². The van der Waals surface area contributed by atoms with Crippen LogP contribution >= 0.6 is 0 Å². The summed E-state index contributed by atoms with van der Waals surface area (Å²) in [7, 11) is -3.87. The molecule has 1 aromatic carbocycles. The molecule has 4 rings (SSSR count). The lowest BCUT2D eigenvalue weighted by atomic mass is 10.1. The summed E-state index contributed by atoms with van der Waals surface area (Å²) in [6.07, 6.45) is 3.86. The summed E-state index contributed by atoms with van der Waals surface area (Å²) in [6, 6.07) is 8.72. The van der Waals surface area contributed by atoms with E-state index in [1.54, 1.807) is 36.4 Å². The molecule has 0 unspecified atom stereocenters. The molecule has 0 radical (unpaired) electrons. The minimum atomic E-state index is -3.87. The van der Waals surface area contributed by atoms with Crippen LogP contribution in [-0.4, -0.2) is 61.1 Å². The number of sulfonamides is 1. The van der Waals surface area contributed by atoms with Crippen molar-refractivity contribution < 1.29 is 17.6 Å². The van der Waals surface area contributed by atoms with E-state index in [9.17, 15) is 17.6 Å². The fourth-order valence-electron chi connectivity index (χ4n) is 3.79. The number of carbonyl (C=O) groups excluding carboxylic acids is 1. The van der Waals surface area contributed by atoms with Crippen LogP contribution < -0.4 is 0 Å². The Labute approximate surface area is 174 Å². The van der Waals surface area contributed by atoms with Crippen molar-refractivity contribution in [1.29, 1.82) is 0 Å². The van der Waals surface area contributed by atoms with Crippen molar-refractivity contribution in [2.24, 2.45) is 4.40 Å². The van der Waals surface area contributed by atoms with Gasteiger partial charge >= 0.3 is 0 Å². The van der Waals surface area contributed by atoms with Gasteiger partial charge in [0.15, 0.2) is 0 Å². The highest BCUT2D eigenvalue weighted by molar-refractivity contribution is 8.00. The Bertz CT molecular complexity index is 1130. The van der Waals surface area contributed by atoms with Crippen LogP contribution in [-0.2, 0) is 10.0 Å². The predicted octanol–water partition coefficient (Wildman–Crippen LogP) is 2.54. The first-order chi connectivity index (χ1) is 14.4. The molecule has 7 nitrogen and oxygen atoms in total. The van der Waals surface area contributed by atoms with Crippen molar-refractivity contribution in [2.45, 2.75) is 13.3 Å². The second kappa shape index (κ2) is 7.98. The molecule has 0 saturated carbocycles. The molecular formula is C21H21FN4O3S. The first-order valence-corrected chi connectivity index (χ1v) is 11.1. The lowest BCUT2D eigenvalue weighted by molar-refractivity contribution is 0.0764. The van der Waals surface area contributed by atoms with Crippen LogP contribution in [0.2, 0.25) is 0 Å². The molecule has 0 N–H and O–H groups in total. The largest absolute Gasteiger partial charge is 0.354 e. The van der Waals surface area contributed by atoms with E-state index in [-0.39, 0.29) is 10.8 Å². The molecule has 156 valence electrons. The number of benzene rings is 1. The van der Waals surface area contributed by atoms with Gasteiger partial charge in [-0.3, -0.25) is 9.78 Å². The highest BCUT2D eigenvalue weighted by atomic mass is 32.2. The Balaban J connectivity index is 1.56. The maximum atomic E-state index is 13.3. The van der Waals surface area contributed by atoms with Crippen molar-refractivity contribution in [1.82, 2.24) is 14.8 Å². The summed E-state index contributed by atoms with van der Waals surface area (Å²) >= 11 is 0. The Morgan fingerprint density at radius 3 is 2.40 bits per heavy atom. The number of halogens is 1. The van der Waals surface area contributed by atoms with E-state index in [4.69, 9.17) is 0 Å². The summed E-state index contributed by atoms with van der Waals surface area (Å²) in [5.74, 6) is -0.105. The van der Waals surface area contributed by atoms with Crippen LogP contribution in [0.1, 0.15) is 29.3 Å². The number of amidine groups is 1. The summed E-state index contributed by atoms with van der Waals surface area (Å²) in [5.41, 5.74) is 1.53. The first kappa shape index (κ1) is 20.2. The average molecular weight is 428 g/mol. The van der Waals surface area contributed by atoms with Crippen molar-refractivity contribution >= 4 is 26.7 Å². The van der Waals surface area contributed by atoms with Crippen molar-refractivity contribution in [3.05, 3.63) is 71.3 Å². The maximum absolute atomic E-state index is 13.3. The Morgan fingerprint density at radius 2 is 1.70 bits per heavy atom. The fraction of sp³-hybridized carbons (Fsp3) is 0.286. The molecule has 0 aliphatic carbocycles. The quantitative estimate of drug-likeness (QED) is 0.734. The Morgan fingerprint density at radius 1 is 1.00 bits per heavy atom. The van der Waals surface area contributed by atoms with Gasteiger partial charge in [0.25, 0.3) is 15.9 Å². The van der Waals surface area contributed by atoms with Gasteiger partial charge in [-0.1, -0.05) is 12.1 Å². The monoisotopic (exact) mass is 428 g/mol. The number of pyridine rings is 1. The molecule has 1 fully saturated rings. The first-order valence-electron chi connectivity index (χ1n) is 9.63. The van der Waals surface area contributed by atoms with Crippen LogP contribution in [0.5, 0.6) is 0 Å². The van der Waals surface area contributed by atoms with E-state index in [1.165, 1.54) is 24.3 Å². The summed E-state index contributed by atoms with van der Waals surface area (Å²) in [4.78, 5) is 20.4.